The highest BCUT2D eigenvalue weighted by Gasteiger charge is 2.18. The Bertz CT molecular complexity index is 787. The summed E-state index contributed by atoms with van der Waals surface area (Å²) in [6.07, 6.45) is 0. The van der Waals surface area contributed by atoms with Gasteiger partial charge in [0.25, 0.3) is 0 Å². The predicted molar refractivity (Wildman–Crippen MR) is 87.8 cm³/mol. The van der Waals surface area contributed by atoms with Crippen molar-refractivity contribution in [3.05, 3.63) is 29.9 Å². The monoisotopic (exact) mass is 317 g/mol. The van der Waals surface area contributed by atoms with E-state index in [1.807, 2.05) is 35.8 Å². The SMILES string of the molecule is CCn1c(=N)n(CC(=O)N[C@@H](C)C(=O)N(C)C)c2ccccc21. The number of aromatic nitrogens is 2. The van der Waals surface area contributed by atoms with Crippen LogP contribution in [-0.4, -0.2) is 46.0 Å². The molecular weight excluding hydrogens is 294 g/mol. The number of nitrogens with one attached hydrogen (secondary N) is 2. The quantitative estimate of drug-likeness (QED) is 0.843. The van der Waals surface area contributed by atoms with Gasteiger partial charge >= 0.3 is 0 Å². The summed E-state index contributed by atoms with van der Waals surface area (Å²) in [5.74, 6) is -0.448. The molecule has 2 amide bonds. The molecule has 0 aliphatic carbocycles. The highest BCUT2D eigenvalue weighted by molar-refractivity contribution is 5.87. The molecule has 2 N–H and O–H groups in total. The summed E-state index contributed by atoms with van der Waals surface area (Å²) in [7, 11) is 3.30. The predicted octanol–water partition coefficient (Wildman–Crippen LogP) is 0.535. The second kappa shape index (κ2) is 6.68. The molecule has 2 rings (SSSR count). The number of amides is 2. The molecule has 0 saturated carbocycles. The zero-order chi connectivity index (χ0) is 17.1. The molecule has 0 fully saturated rings. The van der Waals surface area contributed by atoms with Crippen LogP contribution in [0.3, 0.4) is 0 Å². The molecule has 1 heterocycles. The lowest BCUT2D eigenvalue weighted by atomic mass is 10.3. The first-order valence-corrected chi connectivity index (χ1v) is 7.60. The first-order valence-electron chi connectivity index (χ1n) is 7.60. The number of hydrogen-bond donors (Lipinski definition) is 2. The highest BCUT2D eigenvalue weighted by atomic mass is 16.2. The Hall–Kier alpha value is -2.57. The van der Waals surface area contributed by atoms with E-state index in [1.54, 1.807) is 25.6 Å². The average Bonchev–Trinajstić information content (AvgIpc) is 2.78. The van der Waals surface area contributed by atoms with Crippen molar-refractivity contribution < 1.29 is 9.59 Å². The molecule has 0 aliphatic rings. The zero-order valence-electron chi connectivity index (χ0n) is 14.0. The molecule has 0 bridgehead atoms. The third-order valence-corrected chi connectivity index (χ3v) is 3.78. The van der Waals surface area contributed by atoms with Gasteiger partial charge in [-0.25, -0.2) is 0 Å². The van der Waals surface area contributed by atoms with Crippen molar-refractivity contribution in [1.82, 2.24) is 19.4 Å². The standard InChI is InChI=1S/C16H23N5O2/c1-5-20-12-8-6-7-9-13(12)21(16(20)17)10-14(22)18-11(2)15(23)19(3)4/h6-9,11,17H,5,10H2,1-4H3,(H,18,22)/t11-/m0/s1. The van der Waals surface area contributed by atoms with Gasteiger partial charge in [-0.2, -0.15) is 0 Å². The molecule has 0 aliphatic heterocycles. The topological polar surface area (TPSA) is 83.1 Å². The molecule has 0 spiro atoms. The van der Waals surface area contributed by atoms with Gasteiger partial charge in [-0.15, -0.1) is 0 Å². The number of rotatable bonds is 5. The Labute approximate surface area is 135 Å². The number of para-hydroxylation sites is 2. The van der Waals surface area contributed by atoms with Crippen LogP contribution >= 0.6 is 0 Å². The second-order valence-electron chi connectivity index (χ2n) is 5.66. The van der Waals surface area contributed by atoms with Crippen LogP contribution in [0.5, 0.6) is 0 Å². The number of fused-ring (bicyclic) bond motifs is 1. The van der Waals surface area contributed by atoms with Crippen molar-refractivity contribution >= 4 is 22.8 Å². The molecule has 1 atom stereocenters. The van der Waals surface area contributed by atoms with Crippen LogP contribution in [0.1, 0.15) is 13.8 Å². The van der Waals surface area contributed by atoms with Crippen molar-refractivity contribution in [2.24, 2.45) is 0 Å². The minimum Gasteiger partial charge on any atom is -0.347 e. The number of hydrogen-bond acceptors (Lipinski definition) is 3. The van der Waals surface area contributed by atoms with Gasteiger partial charge in [0.15, 0.2) is 0 Å². The van der Waals surface area contributed by atoms with Gasteiger partial charge < -0.3 is 19.4 Å². The fraction of sp³-hybridized carbons (Fsp3) is 0.438. The van der Waals surface area contributed by atoms with Crippen LogP contribution in [0.4, 0.5) is 0 Å². The molecular formula is C16H23N5O2. The van der Waals surface area contributed by atoms with E-state index < -0.39 is 6.04 Å². The minimum atomic E-state index is -0.591. The molecule has 1 aromatic carbocycles. The van der Waals surface area contributed by atoms with Gasteiger partial charge in [-0.3, -0.25) is 15.0 Å². The van der Waals surface area contributed by atoms with E-state index >= 15 is 0 Å². The molecule has 0 saturated heterocycles. The van der Waals surface area contributed by atoms with Crippen molar-refractivity contribution in [2.45, 2.75) is 33.0 Å². The van der Waals surface area contributed by atoms with E-state index in [1.165, 1.54) is 4.90 Å². The van der Waals surface area contributed by atoms with E-state index in [9.17, 15) is 9.59 Å². The Morgan fingerprint density at radius 3 is 2.30 bits per heavy atom. The molecule has 23 heavy (non-hydrogen) atoms. The number of aryl methyl sites for hydroxylation is 1. The molecule has 0 unspecified atom stereocenters. The Morgan fingerprint density at radius 1 is 1.22 bits per heavy atom. The first-order chi connectivity index (χ1) is 10.9. The fourth-order valence-electron chi connectivity index (χ4n) is 2.65. The smallest absolute Gasteiger partial charge is 0.244 e. The molecule has 1 aromatic heterocycles. The maximum atomic E-state index is 12.2. The van der Waals surface area contributed by atoms with E-state index in [0.29, 0.717) is 6.54 Å². The summed E-state index contributed by atoms with van der Waals surface area (Å²) in [6.45, 7) is 4.29. The number of carbonyl (C=O) groups excluding carboxylic acids is 2. The molecule has 7 heteroatoms. The van der Waals surface area contributed by atoms with Gasteiger partial charge in [0.1, 0.15) is 12.6 Å². The second-order valence-corrected chi connectivity index (χ2v) is 5.66. The van der Waals surface area contributed by atoms with Gasteiger partial charge in [-0.1, -0.05) is 12.1 Å². The number of carbonyl (C=O) groups is 2. The summed E-state index contributed by atoms with van der Waals surface area (Å²) in [5.41, 5.74) is 2.03. The third kappa shape index (κ3) is 3.28. The Kier molecular flexibility index (Phi) is 4.88. The first kappa shape index (κ1) is 16.8. The lowest BCUT2D eigenvalue weighted by molar-refractivity contribution is -0.134. The van der Waals surface area contributed by atoms with Gasteiger partial charge in [-0.05, 0) is 26.0 Å². The van der Waals surface area contributed by atoms with E-state index in [2.05, 4.69) is 5.32 Å². The van der Waals surface area contributed by atoms with Crippen molar-refractivity contribution in [1.29, 1.82) is 5.41 Å². The summed E-state index contributed by atoms with van der Waals surface area (Å²) in [5, 5.41) is 11.0. The summed E-state index contributed by atoms with van der Waals surface area (Å²) < 4.78 is 3.50. The van der Waals surface area contributed by atoms with Gasteiger partial charge in [0.05, 0.1) is 11.0 Å². The van der Waals surface area contributed by atoms with Crippen LogP contribution in [-0.2, 0) is 22.7 Å². The average molecular weight is 317 g/mol. The third-order valence-electron chi connectivity index (χ3n) is 3.78. The van der Waals surface area contributed by atoms with Crippen LogP contribution < -0.4 is 10.9 Å². The Morgan fingerprint density at radius 2 is 1.78 bits per heavy atom. The molecule has 124 valence electrons. The van der Waals surface area contributed by atoms with E-state index in [-0.39, 0.29) is 24.0 Å². The zero-order valence-corrected chi connectivity index (χ0v) is 14.0. The lowest BCUT2D eigenvalue weighted by Gasteiger charge is -2.18. The van der Waals surface area contributed by atoms with E-state index in [0.717, 1.165) is 11.0 Å². The van der Waals surface area contributed by atoms with Crippen LogP contribution in [0.25, 0.3) is 11.0 Å². The highest BCUT2D eigenvalue weighted by Crippen LogP contribution is 2.12. The maximum Gasteiger partial charge on any atom is 0.244 e. The number of imidazole rings is 1. The number of likely N-dealkylation sites (N-methyl/N-ethyl adjacent to an activating group) is 1. The van der Waals surface area contributed by atoms with Crippen LogP contribution in [0.2, 0.25) is 0 Å². The minimum absolute atomic E-state index is 0.0113. The van der Waals surface area contributed by atoms with E-state index in [4.69, 9.17) is 5.41 Å². The summed E-state index contributed by atoms with van der Waals surface area (Å²) in [6, 6.07) is 7.03. The normalized spacial score (nSPS) is 12.2. The van der Waals surface area contributed by atoms with Gasteiger partial charge in [0, 0.05) is 20.6 Å². The van der Waals surface area contributed by atoms with Crippen molar-refractivity contribution in [3.8, 4) is 0 Å². The lowest BCUT2D eigenvalue weighted by Crippen LogP contribution is -2.46. The van der Waals surface area contributed by atoms with Crippen LogP contribution in [0, 0.1) is 5.41 Å². The summed E-state index contributed by atoms with van der Waals surface area (Å²) >= 11 is 0. The molecule has 7 nitrogen and oxygen atoms in total. The van der Waals surface area contributed by atoms with Crippen molar-refractivity contribution in [3.63, 3.8) is 0 Å². The number of benzene rings is 1. The van der Waals surface area contributed by atoms with Gasteiger partial charge in [0.2, 0.25) is 17.4 Å². The Balaban J connectivity index is 2.25. The maximum absolute atomic E-state index is 12.2. The molecule has 0 radical (unpaired) electrons. The van der Waals surface area contributed by atoms with Crippen molar-refractivity contribution in [2.75, 3.05) is 14.1 Å². The molecule has 2 aromatic rings. The van der Waals surface area contributed by atoms with Crippen LogP contribution in [0.15, 0.2) is 24.3 Å². The summed E-state index contributed by atoms with van der Waals surface area (Å²) in [4.78, 5) is 25.5. The number of nitrogens with zero attached hydrogens (tertiary/aromatic N) is 3. The largest absolute Gasteiger partial charge is 0.347 e. The fourth-order valence-corrected chi connectivity index (χ4v) is 2.65.